The summed E-state index contributed by atoms with van der Waals surface area (Å²) < 4.78 is 5.69. The summed E-state index contributed by atoms with van der Waals surface area (Å²) >= 11 is 5.74. The van der Waals surface area contributed by atoms with Crippen molar-refractivity contribution in [3.05, 3.63) is 48.3 Å². The van der Waals surface area contributed by atoms with Gasteiger partial charge in [0.2, 0.25) is 0 Å². The van der Waals surface area contributed by atoms with Crippen LogP contribution in [0.2, 0.25) is 0 Å². The summed E-state index contributed by atoms with van der Waals surface area (Å²) in [6, 6.07) is 11.5. The highest BCUT2D eigenvalue weighted by Gasteiger charge is 2.08. The molecule has 0 atom stereocenters. The Morgan fingerprint density at radius 3 is 2.88 bits per heavy atom. The smallest absolute Gasteiger partial charge is 0.195 e. The third kappa shape index (κ3) is 1.89. The summed E-state index contributed by atoms with van der Waals surface area (Å²) in [5.41, 5.74) is 1.62. The maximum absolute atomic E-state index is 5.74. The van der Waals surface area contributed by atoms with Gasteiger partial charge < -0.3 is 4.42 Å². The lowest BCUT2D eigenvalue weighted by molar-refractivity contribution is 0.624. The Morgan fingerprint density at radius 2 is 2.06 bits per heavy atom. The molecule has 3 rings (SSSR count). The summed E-state index contributed by atoms with van der Waals surface area (Å²) in [6.07, 6.45) is 1.69. The van der Waals surface area contributed by atoms with Gasteiger partial charge in [-0.2, -0.15) is 0 Å². The van der Waals surface area contributed by atoms with Gasteiger partial charge in [-0.1, -0.05) is 18.2 Å². The molecule has 0 fully saturated rings. The SMILES string of the molecule is ClCc1ccnc(-c2cc3ccccc3o2)n1. The normalized spacial score (nSPS) is 10.9. The monoisotopic (exact) mass is 244 g/mol. The largest absolute Gasteiger partial charge is 0.453 e. The summed E-state index contributed by atoms with van der Waals surface area (Å²) in [6.45, 7) is 0. The van der Waals surface area contributed by atoms with Gasteiger partial charge in [0.1, 0.15) is 5.58 Å². The minimum Gasteiger partial charge on any atom is -0.453 e. The van der Waals surface area contributed by atoms with E-state index in [2.05, 4.69) is 9.97 Å². The molecule has 84 valence electrons. The molecule has 0 aliphatic heterocycles. The van der Waals surface area contributed by atoms with Gasteiger partial charge in [-0.15, -0.1) is 11.6 Å². The molecule has 1 aromatic carbocycles. The molecule has 0 amide bonds. The van der Waals surface area contributed by atoms with Crippen molar-refractivity contribution < 1.29 is 4.42 Å². The van der Waals surface area contributed by atoms with Crippen LogP contribution in [0.5, 0.6) is 0 Å². The van der Waals surface area contributed by atoms with Gasteiger partial charge in [0.25, 0.3) is 0 Å². The fraction of sp³-hybridized carbons (Fsp3) is 0.0769. The number of alkyl halides is 1. The lowest BCUT2D eigenvalue weighted by Crippen LogP contribution is -1.91. The molecule has 4 heteroatoms. The zero-order valence-corrected chi connectivity index (χ0v) is 9.69. The molecule has 3 nitrogen and oxygen atoms in total. The first kappa shape index (κ1) is 10.3. The predicted octanol–water partition coefficient (Wildman–Crippen LogP) is 3.63. The Bertz CT molecular complexity index is 630. The van der Waals surface area contributed by atoms with E-state index >= 15 is 0 Å². The molecule has 3 aromatic rings. The number of hydrogen-bond acceptors (Lipinski definition) is 3. The Labute approximate surface area is 103 Å². The minimum absolute atomic E-state index is 0.371. The summed E-state index contributed by atoms with van der Waals surface area (Å²) in [5.74, 6) is 1.60. The number of halogens is 1. The zero-order chi connectivity index (χ0) is 11.7. The van der Waals surface area contributed by atoms with Crippen molar-refractivity contribution in [3.8, 4) is 11.6 Å². The van der Waals surface area contributed by atoms with Gasteiger partial charge in [-0.05, 0) is 18.2 Å². The number of para-hydroxylation sites is 1. The van der Waals surface area contributed by atoms with E-state index in [0.29, 0.717) is 17.5 Å². The first-order chi connectivity index (χ1) is 8.36. The number of rotatable bonds is 2. The number of nitrogens with zero attached hydrogens (tertiary/aromatic N) is 2. The van der Waals surface area contributed by atoms with Gasteiger partial charge in [0.05, 0.1) is 11.6 Å². The molecular weight excluding hydrogens is 236 g/mol. The third-order valence-corrected chi connectivity index (χ3v) is 2.77. The van der Waals surface area contributed by atoms with E-state index in [-0.39, 0.29) is 0 Å². The van der Waals surface area contributed by atoms with Crippen LogP contribution in [0.3, 0.4) is 0 Å². The molecule has 0 spiro atoms. The van der Waals surface area contributed by atoms with Gasteiger partial charge in [0.15, 0.2) is 11.6 Å². The Balaban J connectivity index is 2.13. The second-order valence-corrected chi connectivity index (χ2v) is 3.92. The number of aromatic nitrogens is 2. The van der Waals surface area contributed by atoms with Crippen molar-refractivity contribution in [2.75, 3.05) is 0 Å². The maximum atomic E-state index is 5.74. The zero-order valence-electron chi connectivity index (χ0n) is 8.93. The van der Waals surface area contributed by atoms with Crippen LogP contribution in [-0.4, -0.2) is 9.97 Å². The molecule has 0 aliphatic rings. The molecule has 2 heterocycles. The van der Waals surface area contributed by atoms with Crippen molar-refractivity contribution in [2.45, 2.75) is 5.88 Å². The van der Waals surface area contributed by atoms with Gasteiger partial charge in [-0.3, -0.25) is 0 Å². The summed E-state index contributed by atoms with van der Waals surface area (Å²) in [4.78, 5) is 8.51. The van der Waals surface area contributed by atoms with Crippen LogP contribution in [-0.2, 0) is 5.88 Å². The standard InChI is InChI=1S/C13H9ClN2O/c14-8-10-5-6-15-13(16-10)12-7-9-3-1-2-4-11(9)17-12/h1-7H,8H2. The highest BCUT2D eigenvalue weighted by Crippen LogP contribution is 2.25. The van der Waals surface area contributed by atoms with E-state index in [9.17, 15) is 0 Å². The first-order valence-corrected chi connectivity index (χ1v) is 5.77. The molecule has 0 saturated carbocycles. The van der Waals surface area contributed by atoms with Crippen LogP contribution < -0.4 is 0 Å². The molecule has 0 bridgehead atoms. The van der Waals surface area contributed by atoms with Crippen molar-refractivity contribution in [1.82, 2.24) is 9.97 Å². The predicted molar refractivity (Wildman–Crippen MR) is 66.8 cm³/mol. The van der Waals surface area contributed by atoms with Crippen molar-refractivity contribution >= 4 is 22.6 Å². The topological polar surface area (TPSA) is 38.9 Å². The minimum atomic E-state index is 0.371. The molecule has 0 saturated heterocycles. The van der Waals surface area contributed by atoms with E-state index in [1.54, 1.807) is 12.3 Å². The molecule has 0 aliphatic carbocycles. The van der Waals surface area contributed by atoms with E-state index in [1.165, 1.54) is 0 Å². The van der Waals surface area contributed by atoms with Crippen LogP contribution in [0.25, 0.3) is 22.6 Å². The van der Waals surface area contributed by atoms with Crippen LogP contribution in [0.15, 0.2) is 47.0 Å². The lowest BCUT2D eigenvalue weighted by Gasteiger charge is -1.97. The highest BCUT2D eigenvalue weighted by molar-refractivity contribution is 6.16. The van der Waals surface area contributed by atoms with Crippen LogP contribution in [0, 0.1) is 0 Å². The molecule has 0 unspecified atom stereocenters. The molecule has 0 N–H and O–H groups in total. The van der Waals surface area contributed by atoms with Gasteiger partial charge >= 0.3 is 0 Å². The number of hydrogen-bond donors (Lipinski definition) is 0. The Kier molecular flexibility index (Phi) is 2.53. The number of furan rings is 1. The van der Waals surface area contributed by atoms with E-state index in [1.807, 2.05) is 30.3 Å². The van der Waals surface area contributed by atoms with Gasteiger partial charge in [0, 0.05) is 11.6 Å². The van der Waals surface area contributed by atoms with E-state index in [4.69, 9.17) is 16.0 Å². The van der Waals surface area contributed by atoms with Crippen molar-refractivity contribution in [3.63, 3.8) is 0 Å². The second kappa shape index (κ2) is 4.18. The maximum Gasteiger partial charge on any atom is 0.195 e. The van der Waals surface area contributed by atoms with Crippen molar-refractivity contribution in [1.29, 1.82) is 0 Å². The number of fused-ring (bicyclic) bond motifs is 1. The molecule has 17 heavy (non-hydrogen) atoms. The van der Waals surface area contributed by atoms with Crippen LogP contribution in [0.4, 0.5) is 0 Å². The Morgan fingerprint density at radius 1 is 1.18 bits per heavy atom. The lowest BCUT2D eigenvalue weighted by atomic mass is 10.2. The fourth-order valence-corrected chi connectivity index (χ4v) is 1.83. The molecule has 0 radical (unpaired) electrons. The van der Waals surface area contributed by atoms with Crippen LogP contribution in [0.1, 0.15) is 5.69 Å². The van der Waals surface area contributed by atoms with Crippen LogP contribution >= 0.6 is 11.6 Å². The molecular formula is C13H9ClN2O. The second-order valence-electron chi connectivity index (χ2n) is 3.65. The van der Waals surface area contributed by atoms with Crippen molar-refractivity contribution in [2.24, 2.45) is 0 Å². The highest BCUT2D eigenvalue weighted by atomic mass is 35.5. The number of benzene rings is 1. The molecule has 2 aromatic heterocycles. The fourth-order valence-electron chi connectivity index (χ4n) is 1.68. The summed E-state index contributed by atoms with van der Waals surface area (Å²) in [5, 5.41) is 1.04. The Hall–Kier alpha value is -1.87. The average Bonchev–Trinajstić information content (AvgIpc) is 2.82. The third-order valence-electron chi connectivity index (χ3n) is 2.50. The van der Waals surface area contributed by atoms with Gasteiger partial charge in [-0.25, -0.2) is 9.97 Å². The summed E-state index contributed by atoms with van der Waals surface area (Å²) in [7, 11) is 0. The first-order valence-electron chi connectivity index (χ1n) is 5.23. The quantitative estimate of drug-likeness (QED) is 0.646. The van der Waals surface area contributed by atoms with E-state index < -0.39 is 0 Å². The average molecular weight is 245 g/mol. The van der Waals surface area contributed by atoms with E-state index in [0.717, 1.165) is 16.7 Å².